The number of ether oxygens (including phenoxy) is 1. The molecule has 1 aromatic carbocycles. The molecule has 45 heavy (non-hydrogen) atoms. The average Bonchev–Trinajstić information content (AvgIpc) is 3.58. The molecule has 0 bridgehead atoms. The zero-order valence-corrected chi connectivity index (χ0v) is 24.2. The van der Waals surface area contributed by atoms with E-state index < -0.39 is 60.2 Å². The zero-order chi connectivity index (χ0) is 32.7. The maximum Gasteiger partial charge on any atom is 0.416 e. The lowest BCUT2D eigenvalue weighted by Gasteiger charge is -2.34. The molecule has 0 radical (unpaired) electrons. The number of nitrogens with zero attached hydrogens (tertiary/aromatic N) is 6. The molecule has 3 heterocycles. The Morgan fingerprint density at radius 1 is 0.978 bits per heavy atom. The Balaban J connectivity index is 1.45. The first-order valence-corrected chi connectivity index (χ1v) is 14.2. The molecule has 2 aromatic heterocycles. The molecular weight excluding hydrogens is 610 g/mol. The molecule has 1 aliphatic carbocycles. The van der Waals surface area contributed by atoms with Crippen molar-refractivity contribution >= 4 is 18.0 Å². The number of amides is 1. The number of carboxylic acid groups (broad SMARTS) is 1. The Kier molecular flexibility index (Phi) is 8.68. The summed E-state index contributed by atoms with van der Waals surface area (Å²) in [5.74, 6) is -1.51. The van der Waals surface area contributed by atoms with Crippen LogP contribution in [0, 0.1) is 5.92 Å². The van der Waals surface area contributed by atoms with Gasteiger partial charge in [-0.3, -0.25) is 9.48 Å². The molecular formula is C29H30F6N6O4. The summed E-state index contributed by atoms with van der Waals surface area (Å²) in [6, 6.07) is 0.453. The van der Waals surface area contributed by atoms with Crippen LogP contribution in [0.4, 0.5) is 37.1 Å². The number of carbonyl (C=O) groups excluding carboxylic acids is 1. The van der Waals surface area contributed by atoms with Crippen molar-refractivity contribution in [3.63, 3.8) is 0 Å². The van der Waals surface area contributed by atoms with Crippen LogP contribution in [0.5, 0.6) is 0 Å². The molecule has 2 unspecified atom stereocenters. The standard InChI is InChI=1S/C29H30F6N6O4/c1-3-22-9-23(15-41(22)27(44)45-24-6-17(7-24)25(42)43)40(26-36-10-18(11-37-26)19-12-38-39(2)14-19)13-16-4-20(28(30,31)32)8-21(5-16)29(33,34)35/h4-5,8,10-12,14,17,22-24H,3,6-7,9,13,15H2,1-2H3,(H,42,43). The normalized spacial score (nSPS) is 21.8. The highest BCUT2D eigenvalue weighted by atomic mass is 19.4. The van der Waals surface area contributed by atoms with Gasteiger partial charge in [0.1, 0.15) is 6.10 Å². The molecule has 1 N–H and O–H groups in total. The Hall–Kier alpha value is -4.37. The Morgan fingerprint density at radius 2 is 1.60 bits per heavy atom. The third-order valence-corrected chi connectivity index (χ3v) is 8.18. The number of halogens is 6. The Bertz CT molecular complexity index is 1500. The molecule has 2 fully saturated rings. The highest BCUT2D eigenvalue weighted by Crippen LogP contribution is 2.38. The Morgan fingerprint density at radius 3 is 2.11 bits per heavy atom. The number of alkyl halides is 6. The summed E-state index contributed by atoms with van der Waals surface area (Å²) in [5.41, 5.74) is -1.86. The van der Waals surface area contributed by atoms with Crippen molar-refractivity contribution in [1.29, 1.82) is 0 Å². The van der Waals surface area contributed by atoms with E-state index in [-0.39, 0.29) is 43.0 Å². The van der Waals surface area contributed by atoms with E-state index in [1.54, 1.807) is 24.1 Å². The van der Waals surface area contributed by atoms with Crippen molar-refractivity contribution in [2.45, 2.75) is 69.7 Å². The van der Waals surface area contributed by atoms with Gasteiger partial charge in [-0.25, -0.2) is 14.8 Å². The lowest BCUT2D eigenvalue weighted by molar-refractivity contribution is -0.149. The lowest BCUT2D eigenvalue weighted by atomic mass is 9.82. The maximum atomic E-state index is 13.6. The number of benzene rings is 1. The highest BCUT2D eigenvalue weighted by molar-refractivity contribution is 5.72. The SMILES string of the molecule is CCC1CC(N(Cc2cc(C(F)(F)F)cc(C(F)(F)F)c2)c2ncc(-c3cnn(C)c3)cn2)CN1C(=O)OC1CC(C(=O)O)C1. The largest absolute Gasteiger partial charge is 0.481 e. The third kappa shape index (κ3) is 7.14. The molecule has 16 heteroatoms. The van der Waals surface area contributed by atoms with Crippen LogP contribution >= 0.6 is 0 Å². The molecule has 10 nitrogen and oxygen atoms in total. The van der Waals surface area contributed by atoms with Gasteiger partial charge < -0.3 is 19.6 Å². The van der Waals surface area contributed by atoms with Crippen LogP contribution in [0.2, 0.25) is 0 Å². The first-order valence-electron chi connectivity index (χ1n) is 14.2. The van der Waals surface area contributed by atoms with E-state index in [2.05, 4.69) is 15.1 Å². The molecule has 1 saturated carbocycles. The fraction of sp³-hybridized carbons (Fsp3) is 0.483. The van der Waals surface area contributed by atoms with Crippen LogP contribution < -0.4 is 4.90 Å². The first kappa shape index (κ1) is 32.0. The van der Waals surface area contributed by atoms with Crippen LogP contribution in [0.25, 0.3) is 11.1 Å². The molecule has 2 atom stereocenters. The summed E-state index contributed by atoms with van der Waals surface area (Å²) in [5, 5.41) is 13.2. The minimum atomic E-state index is -5.02. The minimum absolute atomic E-state index is 0.0330. The first-order chi connectivity index (χ1) is 21.1. The number of aromatic nitrogens is 4. The fourth-order valence-corrected chi connectivity index (χ4v) is 5.66. The van der Waals surface area contributed by atoms with Crippen molar-refractivity contribution in [3.05, 3.63) is 59.7 Å². The topological polar surface area (TPSA) is 114 Å². The number of hydrogen-bond acceptors (Lipinski definition) is 7. The van der Waals surface area contributed by atoms with Gasteiger partial charge >= 0.3 is 24.4 Å². The summed E-state index contributed by atoms with van der Waals surface area (Å²) >= 11 is 0. The van der Waals surface area contributed by atoms with Crippen molar-refractivity contribution in [2.75, 3.05) is 11.4 Å². The molecule has 1 saturated heterocycles. The zero-order valence-electron chi connectivity index (χ0n) is 24.2. The molecule has 1 aliphatic heterocycles. The van der Waals surface area contributed by atoms with Gasteiger partial charge in [0.25, 0.3) is 0 Å². The molecule has 3 aromatic rings. The van der Waals surface area contributed by atoms with E-state index in [4.69, 9.17) is 9.84 Å². The van der Waals surface area contributed by atoms with Crippen LogP contribution in [0.15, 0.2) is 43.0 Å². The summed E-state index contributed by atoms with van der Waals surface area (Å²) in [4.78, 5) is 36.0. The second kappa shape index (κ2) is 12.2. The second-order valence-electron chi connectivity index (χ2n) is 11.3. The van der Waals surface area contributed by atoms with Gasteiger partial charge in [0.15, 0.2) is 0 Å². The van der Waals surface area contributed by atoms with Crippen LogP contribution in [-0.2, 0) is 35.5 Å². The number of carbonyl (C=O) groups is 2. The van der Waals surface area contributed by atoms with Gasteiger partial charge in [0.2, 0.25) is 5.95 Å². The van der Waals surface area contributed by atoms with Gasteiger partial charge in [-0.15, -0.1) is 0 Å². The molecule has 242 valence electrons. The van der Waals surface area contributed by atoms with E-state index in [1.807, 2.05) is 6.92 Å². The lowest BCUT2D eigenvalue weighted by Crippen LogP contribution is -2.44. The number of aliphatic carboxylic acids is 1. The predicted octanol–water partition coefficient (Wildman–Crippen LogP) is 5.77. The van der Waals surface area contributed by atoms with E-state index in [0.717, 1.165) is 0 Å². The number of likely N-dealkylation sites (tertiary alicyclic amines) is 1. The highest BCUT2D eigenvalue weighted by Gasteiger charge is 2.43. The Labute approximate surface area is 253 Å². The van der Waals surface area contributed by atoms with Gasteiger partial charge in [-0.1, -0.05) is 6.92 Å². The summed E-state index contributed by atoms with van der Waals surface area (Å²) in [6.45, 7) is 1.46. The van der Waals surface area contributed by atoms with Gasteiger partial charge in [-0.05, 0) is 49.4 Å². The maximum absolute atomic E-state index is 13.6. The summed E-state index contributed by atoms with van der Waals surface area (Å²) in [6.07, 6.45) is -3.81. The number of aryl methyl sites for hydroxylation is 1. The monoisotopic (exact) mass is 640 g/mol. The molecule has 1 amide bonds. The van der Waals surface area contributed by atoms with E-state index in [1.165, 1.54) is 22.2 Å². The fourth-order valence-electron chi connectivity index (χ4n) is 5.66. The van der Waals surface area contributed by atoms with Gasteiger partial charge in [0.05, 0.1) is 29.3 Å². The molecule has 2 aliphatic rings. The van der Waals surface area contributed by atoms with Gasteiger partial charge in [-0.2, -0.15) is 31.4 Å². The number of carboxylic acids is 1. The summed E-state index contributed by atoms with van der Waals surface area (Å²) in [7, 11) is 1.72. The average molecular weight is 641 g/mol. The molecule has 0 spiro atoms. The summed E-state index contributed by atoms with van der Waals surface area (Å²) < 4.78 is 89.0. The second-order valence-corrected chi connectivity index (χ2v) is 11.3. The van der Waals surface area contributed by atoms with Crippen LogP contribution in [-0.4, -0.2) is 66.5 Å². The third-order valence-electron chi connectivity index (χ3n) is 8.18. The van der Waals surface area contributed by atoms with E-state index in [9.17, 15) is 35.9 Å². The number of hydrogen-bond donors (Lipinski definition) is 1. The van der Waals surface area contributed by atoms with Crippen molar-refractivity contribution in [3.8, 4) is 11.1 Å². The van der Waals surface area contributed by atoms with Crippen molar-refractivity contribution in [1.82, 2.24) is 24.6 Å². The van der Waals surface area contributed by atoms with Gasteiger partial charge in [0, 0.05) is 55.9 Å². The van der Waals surface area contributed by atoms with Crippen LogP contribution in [0.1, 0.15) is 49.3 Å². The quantitative estimate of drug-likeness (QED) is 0.309. The predicted molar refractivity (Wildman–Crippen MR) is 147 cm³/mol. The smallest absolute Gasteiger partial charge is 0.416 e. The number of rotatable bonds is 8. The minimum Gasteiger partial charge on any atom is -0.481 e. The molecule has 5 rings (SSSR count). The van der Waals surface area contributed by atoms with Crippen LogP contribution in [0.3, 0.4) is 0 Å². The van der Waals surface area contributed by atoms with Crippen molar-refractivity contribution in [2.24, 2.45) is 13.0 Å². The van der Waals surface area contributed by atoms with E-state index in [0.29, 0.717) is 36.1 Å². The number of anilines is 1. The van der Waals surface area contributed by atoms with Crippen molar-refractivity contribution < 1.29 is 45.8 Å². The van der Waals surface area contributed by atoms with E-state index >= 15 is 0 Å².